The molecule has 3 N–H and O–H groups in total. The maximum atomic E-state index is 12.2. The van der Waals surface area contributed by atoms with Crippen molar-refractivity contribution in [1.29, 1.82) is 0 Å². The van der Waals surface area contributed by atoms with Gasteiger partial charge in [-0.05, 0) is 25.7 Å². The fourth-order valence-electron chi connectivity index (χ4n) is 3.34. The van der Waals surface area contributed by atoms with Crippen LogP contribution in [0.5, 0.6) is 0 Å². The van der Waals surface area contributed by atoms with E-state index in [1.807, 2.05) is 0 Å². The fraction of sp³-hybridized carbons (Fsp3) is 0.867. The van der Waals surface area contributed by atoms with Gasteiger partial charge in [-0.15, -0.1) is 0 Å². The predicted octanol–water partition coefficient (Wildman–Crippen LogP) is 1.74. The highest BCUT2D eigenvalue weighted by Gasteiger charge is 2.47. The van der Waals surface area contributed by atoms with Crippen molar-refractivity contribution in [2.75, 3.05) is 13.2 Å². The van der Waals surface area contributed by atoms with Crippen molar-refractivity contribution in [1.82, 2.24) is 10.6 Å². The quantitative estimate of drug-likeness (QED) is 0.738. The standard InChI is InChI=1S/C15H26N2O4/c1-3-10-6-4-5-7-11(10)16-14(20)17-12-8-21-9-15(12,2)13(18)19/h10-12H,3-9H2,1-2H3,(H,18,19)(H2,16,17,20). The number of nitrogens with one attached hydrogen (secondary N) is 2. The number of carboxylic acid groups (broad SMARTS) is 1. The van der Waals surface area contributed by atoms with Crippen molar-refractivity contribution in [2.45, 2.75) is 58.0 Å². The van der Waals surface area contributed by atoms with Gasteiger partial charge in [0, 0.05) is 6.04 Å². The Hall–Kier alpha value is -1.30. The van der Waals surface area contributed by atoms with Crippen LogP contribution in [-0.2, 0) is 9.53 Å². The number of ether oxygens (including phenoxy) is 1. The second-order valence-corrected chi connectivity index (χ2v) is 6.47. The Balaban J connectivity index is 1.90. The molecular formula is C15H26N2O4. The van der Waals surface area contributed by atoms with Crippen molar-refractivity contribution >= 4 is 12.0 Å². The van der Waals surface area contributed by atoms with E-state index < -0.39 is 17.4 Å². The molecule has 1 saturated carbocycles. The minimum Gasteiger partial charge on any atom is -0.481 e. The van der Waals surface area contributed by atoms with Gasteiger partial charge in [-0.25, -0.2) is 4.79 Å². The molecule has 4 atom stereocenters. The third kappa shape index (κ3) is 3.48. The molecule has 0 bridgehead atoms. The van der Waals surface area contributed by atoms with Crippen molar-refractivity contribution in [3.63, 3.8) is 0 Å². The highest BCUT2D eigenvalue weighted by molar-refractivity contribution is 5.79. The molecule has 21 heavy (non-hydrogen) atoms. The SMILES string of the molecule is CCC1CCCCC1NC(=O)NC1COCC1(C)C(=O)O. The molecule has 2 rings (SSSR count). The third-order valence-corrected chi connectivity index (χ3v) is 5.00. The molecular weight excluding hydrogens is 272 g/mol. The summed E-state index contributed by atoms with van der Waals surface area (Å²) in [6.45, 7) is 4.14. The van der Waals surface area contributed by atoms with Gasteiger partial charge >= 0.3 is 12.0 Å². The summed E-state index contributed by atoms with van der Waals surface area (Å²) in [5, 5.41) is 15.1. The van der Waals surface area contributed by atoms with Gasteiger partial charge in [-0.1, -0.05) is 26.2 Å². The van der Waals surface area contributed by atoms with Gasteiger partial charge in [-0.3, -0.25) is 4.79 Å². The molecule has 0 aromatic rings. The Bertz CT molecular complexity index is 401. The van der Waals surface area contributed by atoms with Crippen LogP contribution in [0.4, 0.5) is 4.79 Å². The smallest absolute Gasteiger partial charge is 0.315 e. The largest absolute Gasteiger partial charge is 0.481 e. The number of carbonyl (C=O) groups excluding carboxylic acids is 1. The summed E-state index contributed by atoms with van der Waals surface area (Å²) in [6.07, 6.45) is 5.58. The number of carbonyl (C=O) groups is 2. The molecule has 0 aromatic carbocycles. The highest BCUT2D eigenvalue weighted by Crippen LogP contribution is 2.29. The van der Waals surface area contributed by atoms with Crippen LogP contribution in [0.3, 0.4) is 0 Å². The van der Waals surface area contributed by atoms with Crippen LogP contribution in [0.15, 0.2) is 0 Å². The molecule has 1 saturated heterocycles. The van der Waals surface area contributed by atoms with E-state index in [1.165, 1.54) is 6.42 Å². The molecule has 0 aromatic heterocycles. The first-order valence-corrected chi connectivity index (χ1v) is 7.85. The summed E-state index contributed by atoms with van der Waals surface area (Å²) in [7, 11) is 0. The van der Waals surface area contributed by atoms with Gasteiger partial charge in [-0.2, -0.15) is 0 Å². The first-order chi connectivity index (χ1) is 9.97. The summed E-state index contributed by atoms with van der Waals surface area (Å²) in [5.41, 5.74) is -1.05. The first-order valence-electron chi connectivity index (χ1n) is 7.85. The number of rotatable bonds is 4. The monoisotopic (exact) mass is 298 g/mol. The lowest BCUT2D eigenvalue weighted by molar-refractivity contribution is -0.148. The average Bonchev–Trinajstić information content (AvgIpc) is 2.82. The van der Waals surface area contributed by atoms with E-state index in [-0.39, 0.29) is 25.3 Å². The van der Waals surface area contributed by atoms with Crippen molar-refractivity contribution < 1.29 is 19.4 Å². The zero-order valence-electron chi connectivity index (χ0n) is 12.9. The molecule has 1 heterocycles. The number of aliphatic carboxylic acids is 1. The van der Waals surface area contributed by atoms with E-state index in [4.69, 9.17) is 4.74 Å². The molecule has 2 fully saturated rings. The molecule has 1 aliphatic carbocycles. The minimum absolute atomic E-state index is 0.133. The van der Waals surface area contributed by atoms with E-state index in [2.05, 4.69) is 17.6 Å². The first kappa shape index (κ1) is 16.1. The van der Waals surface area contributed by atoms with Crippen LogP contribution in [0.25, 0.3) is 0 Å². The topological polar surface area (TPSA) is 87.7 Å². The van der Waals surface area contributed by atoms with E-state index in [0.717, 1.165) is 25.7 Å². The predicted molar refractivity (Wildman–Crippen MR) is 78.1 cm³/mol. The summed E-state index contributed by atoms with van der Waals surface area (Å²) >= 11 is 0. The van der Waals surface area contributed by atoms with Crippen LogP contribution >= 0.6 is 0 Å². The van der Waals surface area contributed by atoms with E-state index in [1.54, 1.807) is 6.92 Å². The molecule has 1 aliphatic heterocycles. The van der Waals surface area contributed by atoms with Gasteiger partial charge in [0.05, 0.1) is 19.3 Å². The zero-order chi connectivity index (χ0) is 15.5. The Labute approximate surface area is 125 Å². The Kier molecular flexibility index (Phi) is 5.08. The second kappa shape index (κ2) is 6.64. The van der Waals surface area contributed by atoms with Gasteiger partial charge < -0.3 is 20.5 Å². The zero-order valence-corrected chi connectivity index (χ0v) is 12.9. The summed E-state index contributed by atoms with van der Waals surface area (Å²) < 4.78 is 5.24. The highest BCUT2D eigenvalue weighted by atomic mass is 16.5. The number of carboxylic acids is 1. The Morgan fingerprint density at radius 3 is 2.67 bits per heavy atom. The summed E-state index contributed by atoms with van der Waals surface area (Å²) in [5.74, 6) is -0.412. The van der Waals surface area contributed by atoms with Gasteiger partial charge in [0.15, 0.2) is 0 Å². The molecule has 2 amide bonds. The van der Waals surface area contributed by atoms with E-state index >= 15 is 0 Å². The molecule has 0 radical (unpaired) electrons. The summed E-state index contributed by atoms with van der Waals surface area (Å²) in [4.78, 5) is 23.5. The van der Waals surface area contributed by atoms with Crippen molar-refractivity contribution in [2.24, 2.45) is 11.3 Å². The van der Waals surface area contributed by atoms with Crippen LogP contribution in [0.1, 0.15) is 46.0 Å². The maximum absolute atomic E-state index is 12.2. The van der Waals surface area contributed by atoms with E-state index in [0.29, 0.717) is 5.92 Å². The summed E-state index contributed by atoms with van der Waals surface area (Å²) in [6, 6.07) is -0.566. The molecule has 6 heteroatoms. The number of hydrogen-bond acceptors (Lipinski definition) is 3. The fourth-order valence-corrected chi connectivity index (χ4v) is 3.34. The Morgan fingerprint density at radius 1 is 1.29 bits per heavy atom. The van der Waals surface area contributed by atoms with Gasteiger partial charge in [0.1, 0.15) is 5.41 Å². The second-order valence-electron chi connectivity index (χ2n) is 6.47. The number of urea groups is 1. The molecule has 2 aliphatic rings. The van der Waals surface area contributed by atoms with Gasteiger partial charge in [0.2, 0.25) is 0 Å². The minimum atomic E-state index is -1.05. The van der Waals surface area contributed by atoms with Crippen molar-refractivity contribution in [3.05, 3.63) is 0 Å². The normalized spacial score (nSPS) is 36.2. The molecule has 0 spiro atoms. The van der Waals surface area contributed by atoms with Crippen LogP contribution < -0.4 is 10.6 Å². The molecule has 6 nitrogen and oxygen atoms in total. The average molecular weight is 298 g/mol. The number of amides is 2. The van der Waals surface area contributed by atoms with Gasteiger partial charge in [0.25, 0.3) is 0 Å². The lowest BCUT2D eigenvalue weighted by Crippen LogP contribution is -2.55. The maximum Gasteiger partial charge on any atom is 0.315 e. The third-order valence-electron chi connectivity index (χ3n) is 5.00. The van der Waals surface area contributed by atoms with Crippen LogP contribution in [0.2, 0.25) is 0 Å². The molecule has 4 unspecified atom stereocenters. The van der Waals surface area contributed by atoms with E-state index in [9.17, 15) is 14.7 Å². The lowest BCUT2D eigenvalue weighted by atomic mass is 9.83. The Morgan fingerprint density at radius 2 is 2.00 bits per heavy atom. The lowest BCUT2D eigenvalue weighted by Gasteiger charge is -2.32. The van der Waals surface area contributed by atoms with Crippen molar-refractivity contribution in [3.8, 4) is 0 Å². The number of hydrogen-bond donors (Lipinski definition) is 3. The van der Waals surface area contributed by atoms with Crippen LogP contribution in [0, 0.1) is 11.3 Å². The van der Waals surface area contributed by atoms with Crippen LogP contribution in [-0.4, -0.2) is 42.4 Å². The molecule has 120 valence electrons.